The lowest BCUT2D eigenvalue weighted by Crippen LogP contribution is -2.30. The van der Waals surface area contributed by atoms with Gasteiger partial charge in [0.1, 0.15) is 5.75 Å². The molecule has 1 aromatic heterocycles. The van der Waals surface area contributed by atoms with Gasteiger partial charge in [-0.2, -0.15) is 0 Å². The minimum atomic E-state index is -0.000902. The summed E-state index contributed by atoms with van der Waals surface area (Å²) in [4.78, 5) is 16.0. The van der Waals surface area contributed by atoms with Crippen molar-refractivity contribution < 1.29 is 9.53 Å². The van der Waals surface area contributed by atoms with Crippen LogP contribution >= 0.6 is 0 Å². The molecule has 0 bridgehead atoms. The van der Waals surface area contributed by atoms with E-state index >= 15 is 0 Å². The first-order chi connectivity index (χ1) is 14.2. The maximum Gasteiger partial charge on any atom is 0.224 e. The van der Waals surface area contributed by atoms with Gasteiger partial charge in [-0.1, -0.05) is 60.7 Å². The lowest BCUT2D eigenvalue weighted by Gasteiger charge is -2.18. The molecule has 0 aliphatic carbocycles. The maximum atomic E-state index is 12.6. The van der Waals surface area contributed by atoms with Gasteiger partial charge in [0.2, 0.25) is 5.91 Å². The first kappa shape index (κ1) is 18.8. The van der Waals surface area contributed by atoms with Gasteiger partial charge >= 0.3 is 0 Å². The van der Waals surface area contributed by atoms with E-state index in [1.54, 1.807) is 7.11 Å². The Bertz CT molecular complexity index is 1100. The average molecular weight is 384 g/mol. The highest BCUT2D eigenvalue weighted by Crippen LogP contribution is 2.30. The molecule has 1 atom stereocenters. The van der Waals surface area contributed by atoms with Gasteiger partial charge in [-0.15, -0.1) is 0 Å². The third-order valence-corrected chi connectivity index (χ3v) is 5.20. The second-order valence-electron chi connectivity index (χ2n) is 7.09. The summed E-state index contributed by atoms with van der Waals surface area (Å²) in [5.41, 5.74) is 4.41. The number of methoxy groups -OCH3 is 1. The van der Waals surface area contributed by atoms with Crippen molar-refractivity contribution in [3.8, 4) is 5.75 Å². The van der Waals surface area contributed by atoms with Gasteiger partial charge in [-0.3, -0.25) is 4.79 Å². The quantitative estimate of drug-likeness (QED) is 0.487. The Balaban J connectivity index is 1.54. The van der Waals surface area contributed by atoms with Crippen molar-refractivity contribution >= 4 is 16.8 Å². The number of fused-ring (bicyclic) bond motifs is 1. The molecular weight excluding hydrogens is 360 g/mol. The highest BCUT2D eigenvalue weighted by molar-refractivity contribution is 5.84. The van der Waals surface area contributed by atoms with Gasteiger partial charge in [0, 0.05) is 29.6 Å². The molecule has 2 N–H and O–H groups in total. The number of hydrogen-bond acceptors (Lipinski definition) is 2. The largest absolute Gasteiger partial charge is 0.497 e. The molecule has 146 valence electrons. The molecule has 0 saturated carbocycles. The fourth-order valence-electron chi connectivity index (χ4n) is 3.72. The Morgan fingerprint density at radius 2 is 1.79 bits per heavy atom. The smallest absolute Gasteiger partial charge is 0.224 e. The Hall–Kier alpha value is -3.53. The molecule has 1 unspecified atom stereocenters. The van der Waals surface area contributed by atoms with Crippen molar-refractivity contribution in [2.45, 2.75) is 12.3 Å². The number of carbonyl (C=O) groups is 1. The number of ether oxygens (including phenoxy) is 1. The molecule has 4 heteroatoms. The third-order valence-electron chi connectivity index (χ3n) is 5.20. The van der Waals surface area contributed by atoms with E-state index in [1.165, 1.54) is 16.5 Å². The number of aromatic amines is 1. The Morgan fingerprint density at radius 3 is 2.62 bits per heavy atom. The van der Waals surface area contributed by atoms with Crippen LogP contribution in [0, 0.1) is 0 Å². The van der Waals surface area contributed by atoms with E-state index in [2.05, 4.69) is 40.8 Å². The fourth-order valence-corrected chi connectivity index (χ4v) is 3.72. The Kier molecular flexibility index (Phi) is 5.61. The molecule has 29 heavy (non-hydrogen) atoms. The van der Waals surface area contributed by atoms with E-state index in [0.717, 1.165) is 16.8 Å². The summed E-state index contributed by atoms with van der Waals surface area (Å²) in [6, 6.07) is 26.2. The predicted molar refractivity (Wildman–Crippen MR) is 116 cm³/mol. The van der Waals surface area contributed by atoms with Crippen LogP contribution in [0.3, 0.4) is 0 Å². The lowest BCUT2D eigenvalue weighted by atomic mass is 9.91. The van der Waals surface area contributed by atoms with Gasteiger partial charge in [0.05, 0.1) is 13.5 Å². The predicted octanol–water partition coefficient (Wildman–Crippen LogP) is 4.67. The number of nitrogens with one attached hydrogen (secondary N) is 2. The maximum absolute atomic E-state index is 12.6. The lowest BCUT2D eigenvalue weighted by molar-refractivity contribution is -0.120. The van der Waals surface area contributed by atoms with Crippen LogP contribution in [0.1, 0.15) is 22.6 Å². The van der Waals surface area contributed by atoms with Crippen LogP contribution in [-0.4, -0.2) is 24.5 Å². The number of H-pyrrole nitrogens is 1. The van der Waals surface area contributed by atoms with Gasteiger partial charge < -0.3 is 15.0 Å². The first-order valence-electron chi connectivity index (χ1n) is 9.75. The topological polar surface area (TPSA) is 54.1 Å². The molecule has 1 amide bonds. The molecular formula is C25H24N2O2. The first-order valence-corrected chi connectivity index (χ1v) is 9.75. The van der Waals surface area contributed by atoms with Crippen LogP contribution in [0.25, 0.3) is 10.9 Å². The second kappa shape index (κ2) is 8.65. The van der Waals surface area contributed by atoms with Crippen molar-refractivity contribution in [2.75, 3.05) is 13.7 Å². The van der Waals surface area contributed by atoms with Crippen molar-refractivity contribution in [2.24, 2.45) is 0 Å². The minimum absolute atomic E-state index is 0.000902. The van der Waals surface area contributed by atoms with E-state index in [1.807, 2.05) is 54.6 Å². The summed E-state index contributed by atoms with van der Waals surface area (Å²) >= 11 is 0. The van der Waals surface area contributed by atoms with Gasteiger partial charge in [0.25, 0.3) is 0 Å². The molecule has 0 aliphatic rings. The highest BCUT2D eigenvalue weighted by Gasteiger charge is 2.19. The summed E-state index contributed by atoms with van der Waals surface area (Å²) in [7, 11) is 1.63. The Morgan fingerprint density at radius 1 is 1.00 bits per heavy atom. The zero-order valence-corrected chi connectivity index (χ0v) is 16.4. The summed E-state index contributed by atoms with van der Waals surface area (Å²) in [6.45, 7) is 0.536. The summed E-state index contributed by atoms with van der Waals surface area (Å²) < 4.78 is 5.25. The van der Waals surface area contributed by atoms with Crippen molar-refractivity contribution in [3.63, 3.8) is 0 Å². The van der Waals surface area contributed by atoms with Crippen molar-refractivity contribution in [3.05, 3.63) is 102 Å². The summed E-state index contributed by atoms with van der Waals surface area (Å²) in [5.74, 6) is 0.830. The molecule has 0 radical (unpaired) electrons. The van der Waals surface area contributed by atoms with Crippen LogP contribution in [0.4, 0.5) is 0 Å². The third kappa shape index (κ3) is 4.32. The van der Waals surface area contributed by atoms with Gasteiger partial charge in [0.15, 0.2) is 0 Å². The zero-order chi connectivity index (χ0) is 20.1. The van der Waals surface area contributed by atoms with E-state index in [-0.39, 0.29) is 11.8 Å². The van der Waals surface area contributed by atoms with E-state index in [9.17, 15) is 4.79 Å². The number of rotatable bonds is 7. The van der Waals surface area contributed by atoms with Crippen molar-refractivity contribution in [1.82, 2.24) is 10.3 Å². The zero-order valence-electron chi connectivity index (χ0n) is 16.4. The van der Waals surface area contributed by atoms with Crippen LogP contribution < -0.4 is 10.1 Å². The summed E-state index contributed by atoms with van der Waals surface area (Å²) in [6.07, 6.45) is 2.38. The molecule has 0 spiro atoms. The molecule has 0 saturated heterocycles. The van der Waals surface area contributed by atoms with Gasteiger partial charge in [-0.25, -0.2) is 0 Å². The highest BCUT2D eigenvalue weighted by atomic mass is 16.5. The van der Waals surface area contributed by atoms with E-state index in [0.29, 0.717) is 13.0 Å². The van der Waals surface area contributed by atoms with Crippen LogP contribution in [0.5, 0.6) is 5.75 Å². The molecule has 3 aromatic carbocycles. The van der Waals surface area contributed by atoms with Crippen molar-refractivity contribution in [1.29, 1.82) is 0 Å². The monoisotopic (exact) mass is 384 g/mol. The number of carbonyl (C=O) groups excluding carboxylic acids is 1. The molecule has 0 aliphatic heterocycles. The standard InChI is InChI=1S/C25H24N2O2/c1-29-20-11-7-8-18(14-20)15-25(28)27-16-22(19-9-3-2-4-10-19)23-17-26-24-13-6-5-12-21(23)24/h2-14,17,22,26H,15-16H2,1H3,(H,27,28). The number of aromatic nitrogens is 1. The second-order valence-corrected chi connectivity index (χ2v) is 7.09. The molecule has 4 nitrogen and oxygen atoms in total. The number of amides is 1. The van der Waals surface area contributed by atoms with E-state index in [4.69, 9.17) is 4.74 Å². The average Bonchev–Trinajstić information content (AvgIpc) is 3.19. The van der Waals surface area contributed by atoms with Crippen LogP contribution in [0.15, 0.2) is 85.1 Å². The van der Waals surface area contributed by atoms with E-state index < -0.39 is 0 Å². The minimum Gasteiger partial charge on any atom is -0.497 e. The Labute approximate surface area is 170 Å². The number of hydrogen-bond donors (Lipinski definition) is 2. The van der Waals surface area contributed by atoms with Crippen LogP contribution in [0.2, 0.25) is 0 Å². The summed E-state index contributed by atoms with van der Waals surface area (Å²) in [5, 5.41) is 4.31. The fraction of sp³-hybridized carbons (Fsp3) is 0.160. The number of para-hydroxylation sites is 1. The molecule has 4 rings (SSSR count). The van der Waals surface area contributed by atoms with Crippen LogP contribution in [-0.2, 0) is 11.2 Å². The van der Waals surface area contributed by atoms with Gasteiger partial charge in [-0.05, 0) is 34.9 Å². The SMILES string of the molecule is COc1cccc(CC(=O)NCC(c2ccccc2)c2c[nH]c3ccccc23)c1. The molecule has 0 fully saturated rings. The molecule has 4 aromatic rings. The number of benzene rings is 3. The normalized spacial score (nSPS) is 11.9. The molecule has 1 heterocycles.